The second kappa shape index (κ2) is 3.24. The van der Waals surface area contributed by atoms with Crippen LogP contribution in [-0.4, -0.2) is 6.10 Å². The smallest absolute Gasteiger partial charge is 0.128 e. The zero-order chi connectivity index (χ0) is 11.2. The van der Waals surface area contributed by atoms with Crippen molar-refractivity contribution in [3.8, 4) is 5.75 Å². The minimum atomic E-state index is 0.154. The van der Waals surface area contributed by atoms with Crippen LogP contribution in [0.25, 0.3) is 5.57 Å². The Labute approximate surface area is 100 Å². The van der Waals surface area contributed by atoms with Gasteiger partial charge in [0.1, 0.15) is 11.9 Å². The quantitative estimate of drug-likeness (QED) is 0.650. The average molecular weight is 220 g/mol. The summed E-state index contributed by atoms with van der Waals surface area (Å²) >= 11 is 0. The first kappa shape index (κ1) is 9.06. The third-order valence-electron chi connectivity index (χ3n) is 3.64. The fourth-order valence-corrected chi connectivity index (χ4v) is 2.88. The van der Waals surface area contributed by atoms with Crippen molar-refractivity contribution in [2.45, 2.75) is 6.10 Å². The number of allylic oxidation sites excluding steroid dienone is 5. The van der Waals surface area contributed by atoms with Gasteiger partial charge < -0.3 is 4.74 Å². The number of fused-ring (bicyclic) bond motifs is 2. The molecule has 2 atom stereocenters. The highest BCUT2D eigenvalue weighted by molar-refractivity contribution is 5.80. The summed E-state index contributed by atoms with van der Waals surface area (Å²) in [4.78, 5) is 0. The molecule has 1 heteroatoms. The Bertz CT molecular complexity index is 602. The lowest BCUT2D eigenvalue weighted by Crippen LogP contribution is -2.33. The van der Waals surface area contributed by atoms with Crippen molar-refractivity contribution in [3.05, 3.63) is 71.9 Å². The Balaban J connectivity index is 1.98. The zero-order valence-electron chi connectivity index (χ0n) is 9.34. The van der Waals surface area contributed by atoms with Crippen LogP contribution in [0.1, 0.15) is 5.56 Å². The zero-order valence-corrected chi connectivity index (χ0v) is 9.34. The van der Waals surface area contributed by atoms with Gasteiger partial charge in [0.15, 0.2) is 0 Å². The van der Waals surface area contributed by atoms with Gasteiger partial charge in [0.05, 0.1) is 5.92 Å². The van der Waals surface area contributed by atoms with E-state index in [-0.39, 0.29) is 6.10 Å². The number of hydrogen-bond donors (Lipinski definition) is 0. The Morgan fingerprint density at radius 1 is 1.00 bits per heavy atom. The molecule has 1 nitrogen and oxygen atoms in total. The lowest BCUT2D eigenvalue weighted by Gasteiger charge is -2.37. The van der Waals surface area contributed by atoms with Crippen LogP contribution < -0.4 is 4.74 Å². The SMILES string of the molecule is C1=CC2=CC=CC3Oc4ccccc4C(=C1)C23. The maximum absolute atomic E-state index is 6.07. The van der Waals surface area contributed by atoms with E-state index >= 15 is 0 Å². The lowest BCUT2D eigenvalue weighted by atomic mass is 9.75. The van der Waals surface area contributed by atoms with E-state index in [0.29, 0.717) is 5.92 Å². The Morgan fingerprint density at radius 3 is 2.94 bits per heavy atom. The van der Waals surface area contributed by atoms with Gasteiger partial charge in [-0.2, -0.15) is 0 Å². The van der Waals surface area contributed by atoms with Crippen LogP contribution in [0.5, 0.6) is 5.75 Å². The molecule has 0 amide bonds. The van der Waals surface area contributed by atoms with Gasteiger partial charge in [-0.15, -0.1) is 0 Å². The predicted molar refractivity (Wildman–Crippen MR) is 68.7 cm³/mol. The summed E-state index contributed by atoms with van der Waals surface area (Å²) in [6.07, 6.45) is 13.1. The molecule has 1 aliphatic heterocycles. The fraction of sp³-hybridized carbons (Fsp3) is 0.125. The summed E-state index contributed by atoms with van der Waals surface area (Å²) in [5, 5.41) is 0. The van der Waals surface area contributed by atoms with E-state index in [1.54, 1.807) is 0 Å². The Hall–Kier alpha value is -2.02. The number of para-hydroxylation sites is 1. The lowest BCUT2D eigenvalue weighted by molar-refractivity contribution is 0.210. The minimum absolute atomic E-state index is 0.154. The van der Waals surface area contributed by atoms with E-state index in [9.17, 15) is 0 Å². The molecule has 0 radical (unpaired) electrons. The third-order valence-corrected chi connectivity index (χ3v) is 3.64. The summed E-state index contributed by atoms with van der Waals surface area (Å²) in [6.45, 7) is 0. The first-order valence-electron chi connectivity index (χ1n) is 5.96. The second-order valence-corrected chi connectivity index (χ2v) is 4.59. The molecular formula is C16H12O. The maximum Gasteiger partial charge on any atom is 0.128 e. The molecule has 82 valence electrons. The van der Waals surface area contributed by atoms with Crippen LogP contribution in [-0.2, 0) is 0 Å². The van der Waals surface area contributed by atoms with E-state index in [1.807, 2.05) is 6.07 Å². The molecule has 0 aromatic heterocycles. The van der Waals surface area contributed by atoms with Gasteiger partial charge in [-0.05, 0) is 23.3 Å². The summed E-state index contributed by atoms with van der Waals surface area (Å²) in [5.74, 6) is 1.38. The van der Waals surface area contributed by atoms with E-state index in [0.717, 1.165) is 5.75 Å². The van der Waals surface area contributed by atoms with Crippen LogP contribution in [0.3, 0.4) is 0 Å². The highest BCUT2D eigenvalue weighted by Crippen LogP contribution is 2.46. The predicted octanol–water partition coefficient (Wildman–Crippen LogP) is 3.51. The van der Waals surface area contributed by atoms with Crippen LogP contribution in [0.4, 0.5) is 0 Å². The number of rotatable bonds is 0. The van der Waals surface area contributed by atoms with Crippen LogP contribution in [0.15, 0.2) is 66.3 Å². The molecule has 2 unspecified atom stereocenters. The number of benzene rings is 1. The summed E-state index contributed by atoms with van der Waals surface area (Å²) < 4.78 is 6.07. The van der Waals surface area contributed by atoms with Gasteiger partial charge in [-0.3, -0.25) is 0 Å². The normalized spacial score (nSPS) is 27.5. The van der Waals surface area contributed by atoms with Crippen molar-refractivity contribution in [3.63, 3.8) is 0 Å². The Kier molecular flexibility index (Phi) is 1.72. The molecule has 3 aliphatic rings. The third kappa shape index (κ3) is 1.19. The fourth-order valence-electron chi connectivity index (χ4n) is 2.88. The van der Waals surface area contributed by atoms with Gasteiger partial charge in [0.2, 0.25) is 0 Å². The van der Waals surface area contributed by atoms with E-state index < -0.39 is 0 Å². The van der Waals surface area contributed by atoms with E-state index in [1.165, 1.54) is 16.7 Å². The molecule has 1 heterocycles. The molecule has 1 aromatic rings. The molecule has 0 N–H and O–H groups in total. The summed E-state index contributed by atoms with van der Waals surface area (Å²) in [5.41, 5.74) is 3.97. The standard InChI is InChI=1S/C16H12O/c1-2-9-14-12(7-1)13-8-3-5-11-6-4-10-15(17-14)16(11)13/h1-10,15-16H. The van der Waals surface area contributed by atoms with Crippen LogP contribution in [0, 0.1) is 5.92 Å². The highest BCUT2D eigenvalue weighted by Gasteiger charge is 2.36. The van der Waals surface area contributed by atoms with Gasteiger partial charge >= 0.3 is 0 Å². The van der Waals surface area contributed by atoms with Crippen LogP contribution in [0.2, 0.25) is 0 Å². The van der Waals surface area contributed by atoms with Crippen molar-refractivity contribution in [1.82, 2.24) is 0 Å². The topological polar surface area (TPSA) is 9.23 Å². The summed E-state index contributed by atoms with van der Waals surface area (Å²) in [7, 11) is 0. The van der Waals surface area contributed by atoms with Crippen LogP contribution >= 0.6 is 0 Å². The van der Waals surface area contributed by atoms with Crippen molar-refractivity contribution < 1.29 is 4.74 Å². The van der Waals surface area contributed by atoms with Gasteiger partial charge in [-0.1, -0.05) is 48.6 Å². The van der Waals surface area contributed by atoms with E-state index in [4.69, 9.17) is 4.74 Å². The molecule has 2 aliphatic carbocycles. The summed E-state index contributed by atoms with van der Waals surface area (Å²) in [6, 6.07) is 8.30. The van der Waals surface area contributed by atoms with Crippen molar-refractivity contribution in [2.24, 2.45) is 5.92 Å². The molecule has 0 saturated heterocycles. The van der Waals surface area contributed by atoms with Gasteiger partial charge in [0.25, 0.3) is 0 Å². The largest absolute Gasteiger partial charge is 0.485 e. The molecule has 0 saturated carbocycles. The molecule has 1 aromatic carbocycles. The highest BCUT2D eigenvalue weighted by atomic mass is 16.5. The van der Waals surface area contributed by atoms with Gasteiger partial charge in [-0.25, -0.2) is 0 Å². The molecular weight excluding hydrogens is 208 g/mol. The Morgan fingerprint density at radius 2 is 1.94 bits per heavy atom. The first-order valence-corrected chi connectivity index (χ1v) is 5.96. The van der Waals surface area contributed by atoms with E-state index in [2.05, 4.69) is 54.7 Å². The van der Waals surface area contributed by atoms with Crippen molar-refractivity contribution in [2.75, 3.05) is 0 Å². The van der Waals surface area contributed by atoms with Gasteiger partial charge in [0, 0.05) is 5.56 Å². The second-order valence-electron chi connectivity index (χ2n) is 4.59. The van der Waals surface area contributed by atoms with Crippen molar-refractivity contribution in [1.29, 1.82) is 0 Å². The molecule has 0 spiro atoms. The average Bonchev–Trinajstić information content (AvgIpc) is 2.39. The number of hydrogen-bond acceptors (Lipinski definition) is 1. The maximum atomic E-state index is 6.07. The minimum Gasteiger partial charge on any atom is -0.485 e. The molecule has 0 bridgehead atoms. The van der Waals surface area contributed by atoms with Crippen molar-refractivity contribution >= 4 is 5.57 Å². The number of ether oxygens (including phenoxy) is 1. The monoisotopic (exact) mass is 220 g/mol. The molecule has 17 heavy (non-hydrogen) atoms. The molecule has 0 fully saturated rings. The molecule has 4 rings (SSSR count). The first-order chi connectivity index (χ1) is 8.43.